The third kappa shape index (κ3) is 4.46. The van der Waals surface area contributed by atoms with Crippen LogP contribution in [0, 0.1) is 0 Å². The van der Waals surface area contributed by atoms with Crippen LogP contribution in [0.4, 0.5) is 0 Å². The Morgan fingerprint density at radius 3 is 3.06 bits per heavy atom. The van der Waals surface area contributed by atoms with E-state index in [1.807, 2.05) is 24.3 Å². The van der Waals surface area contributed by atoms with E-state index in [-0.39, 0.29) is 0 Å². The predicted molar refractivity (Wildman–Crippen MR) is 70.5 cm³/mol. The van der Waals surface area contributed by atoms with Crippen molar-refractivity contribution in [3.05, 3.63) is 41.0 Å². The molecule has 0 atom stereocenters. The van der Waals surface area contributed by atoms with Gasteiger partial charge in [-0.15, -0.1) is 0 Å². The predicted octanol–water partition coefficient (Wildman–Crippen LogP) is 2.04. The van der Waals surface area contributed by atoms with Crippen LogP contribution >= 0.6 is 15.9 Å². The van der Waals surface area contributed by atoms with Crippen molar-refractivity contribution >= 4 is 15.9 Å². The fourth-order valence-electron chi connectivity index (χ4n) is 1.42. The first-order valence-electron chi connectivity index (χ1n) is 5.69. The monoisotopic (exact) mass is 311 g/mol. The fraction of sp³-hybridized carbons (Fsp3) is 0.333. The van der Waals surface area contributed by atoms with Gasteiger partial charge in [-0.05, 0) is 18.2 Å². The molecule has 0 aliphatic rings. The molecule has 0 saturated carbocycles. The van der Waals surface area contributed by atoms with E-state index in [0.717, 1.165) is 29.7 Å². The minimum atomic E-state index is 0.625. The molecule has 18 heavy (non-hydrogen) atoms. The topological polar surface area (TPSA) is 60.2 Å². The van der Waals surface area contributed by atoms with Crippen molar-refractivity contribution in [2.45, 2.75) is 6.42 Å². The summed E-state index contributed by atoms with van der Waals surface area (Å²) in [6.45, 7) is 2.20. The highest BCUT2D eigenvalue weighted by molar-refractivity contribution is 9.10. The third-order valence-electron chi connectivity index (χ3n) is 2.27. The molecular formula is C12H14BrN3O2. The molecule has 0 spiro atoms. The van der Waals surface area contributed by atoms with Gasteiger partial charge in [0.15, 0.2) is 6.33 Å². The number of nitrogens with one attached hydrogen (secondary N) is 1. The Hall–Kier alpha value is -1.40. The van der Waals surface area contributed by atoms with Crippen LogP contribution in [-0.4, -0.2) is 29.8 Å². The number of aromatic nitrogens is 2. The van der Waals surface area contributed by atoms with Gasteiger partial charge in [0.05, 0.1) is 0 Å². The lowest BCUT2D eigenvalue weighted by Crippen LogP contribution is -2.23. The van der Waals surface area contributed by atoms with Gasteiger partial charge < -0.3 is 14.6 Å². The standard InChI is InChI=1S/C12H14BrN3O2/c13-10-2-1-3-11(8-10)17-7-6-14-5-4-12-15-9-16-18-12/h1-3,8-9,14H,4-7H2. The van der Waals surface area contributed by atoms with Crippen LogP contribution in [0.1, 0.15) is 5.89 Å². The van der Waals surface area contributed by atoms with E-state index < -0.39 is 0 Å². The molecule has 96 valence electrons. The Kier molecular flexibility index (Phi) is 5.16. The highest BCUT2D eigenvalue weighted by atomic mass is 79.9. The van der Waals surface area contributed by atoms with Gasteiger partial charge in [0.2, 0.25) is 5.89 Å². The number of ether oxygens (including phenoxy) is 1. The number of rotatable bonds is 7. The van der Waals surface area contributed by atoms with Crippen LogP contribution in [0.5, 0.6) is 5.75 Å². The minimum absolute atomic E-state index is 0.625. The Morgan fingerprint density at radius 1 is 1.33 bits per heavy atom. The van der Waals surface area contributed by atoms with Gasteiger partial charge in [-0.1, -0.05) is 27.2 Å². The molecule has 0 amide bonds. The third-order valence-corrected chi connectivity index (χ3v) is 2.76. The van der Waals surface area contributed by atoms with E-state index >= 15 is 0 Å². The lowest BCUT2D eigenvalue weighted by atomic mass is 10.3. The van der Waals surface area contributed by atoms with E-state index in [1.165, 1.54) is 6.33 Å². The highest BCUT2D eigenvalue weighted by Gasteiger charge is 1.98. The molecule has 0 aliphatic carbocycles. The highest BCUT2D eigenvalue weighted by Crippen LogP contribution is 2.17. The van der Waals surface area contributed by atoms with Crippen LogP contribution in [0.2, 0.25) is 0 Å². The van der Waals surface area contributed by atoms with Crippen molar-refractivity contribution in [3.8, 4) is 5.75 Å². The smallest absolute Gasteiger partial charge is 0.227 e. The Labute approximate surface area is 114 Å². The van der Waals surface area contributed by atoms with Gasteiger partial charge in [0.25, 0.3) is 0 Å². The van der Waals surface area contributed by atoms with E-state index in [4.69, 9.17) is 9.26 Å². The Bertz CT molecular complexity index is 462. The lowest BCUT2D eigenvalue weighted by Gasteiger charge is -2.07. The zero-order chi connectivity index (χ0) is 12.6. The quantitative estimate of drug-likeness (QED) is 0.793. The summed E-state index contributed by atoms with van der Waals surface area (Å²) in [5.41, 5.74) is 0. The molecule has 1 aromatic carbocycles. The molecule has 0 bridgehead atoms. The summed E-state index contributed by atoms with van der Waals surface area (Å²) in [6.07, 6.45) is 2.14. The summed E-state index contributed by atoms with van der Waals surface area (Å²) in [6, 6.07) is 7.79. The summed E-state index contributed by atoms with van der Waals surface area (Å²) < 4.78 is 11.5. The summed E-state index contributed by atoms with van der Waals surface area (Å²) in [5.74, 6) is 1.51. The van der Waals surface area contributed by atoms with Crippen molar-refractivity contribution < 1.29 is 9.26 Å². The number of hydrogen-bond donors (Lipinski definition) is 1. The second-order valence-corrected chi connectivity index (χ2v) is 4.56. The van der Waals surface area contributed by atoms with E-state index in [0.29, 0.717) is 12.5 Å². The first-order valence-corrected chi connectivity index (χ1v) is 6.48. The molecule has 1 aromatic heterocycles. The van der Waals surface area contributed by atoms with Crippen LogP contribution < -0.4 is 10.1 Å². The largest absolute Gasteiger partial charge is 0.492 e. The second kappa shape index (κ2) is 7.13. The van der Waals surface area contributed by atoms with Crippen molar-refractivity contribution in [3.63, 3.8) is 0 Å². The number of benzene rings is 1. The van der Waals surface area contributed by atoms with Crippen LogP contribution in [0.25, 0.3) is 0 Å². The van der Waals surface area contributed by atoms with E-state index in [2.05, 4.69) is 31.4 Å². The van der Waals surface area contributed by atoms with Crippen LogP contribution in [0.15, 0.2) is 39.6 Å². The molecule has 6 heteroatoms. The zero-order valence-corrected chi connectivity index (χ0v) is 11.4. The Balaban J connectivity index is 1.56. The molecule has 2 rings (SSSR count). The average Bonchev–Trinajstić information content (AvgIpc) is 2.87. The molecule has 1 heterocycles. The van der Waals surface area contributed by atoms with Gasteiger partial charge in [0.1, 0.15) is 12.4 Å². The van der Waals surface area contributed by atoms with Gasteiger partial charge in [-0.2, -0.15) is 4.98 Å². The molecule has 1 N–H and O–H groups in total. The van der Waals surface area contributed by atoms with Crippen molar-refractivity contribution in [2.24, 2.45) is 0 Å². The van der Waals surface area contributed by atoms with Crippen molar-refractivity contribution in [2.75, 3.05) is 19.7 Å². The summed E-state index contributed by atoms with van der Waals surface area (Å²) in [4.78, 5) is 3.94. The second-order valence-electron chi connectivity index (χ2n) is 3.64. The van der Waals surface area contributed by atoms with Crippen LogP contribution in [0.3, 0.4) is 0 Å². The maximum Gasteiger partial charge on any atom is 0.227 e. The van der Waals surface area contributed by atoms with Gasteiger partial charge >= 0.3 is 0 Å². The van der Waals surface area contributed by atoms with Crippen LogP contribution in [-0.2, 0) is 6.42 Å². The van der Waals surface area contributed by atoms with Gasteiger partial charge in [0, 0.05) is 24.0 Å². The van der Waals surface area contributed by atoms with E-state index in [1.54, 1.807) is 0 Å². The average molecular weight is 312 g/mol. The maximum absolute atomic E-state index is 5.58. The summed E-state index contributed by atoms with van der Waals surface area (Å²) in [5, 5.41) is 6.79. The Morgan fingerprint density at radius 2 is 2.28 bits per heavy atom. The number of hydrogen-bond acceptors (Lipinski definition) is 5. The molecule has 2 aromatic rings. The van der Waals surface area contributed by atoms with E-state index in [9.17, 15) is 0 Å². The number of halogens is 1. The van der Waals surface area contributed by atoms with Crippen molar-refractivity contribution in [1.82, 2.24) is 15.5 Å². The maximum atomic E-state index is 5.58. The molecule has 0 fully saturated rings. The van der Waals surface area contributed by atoms with Gasteiger partial charge in [-0.25, -0.2) is 0 Å². The minimum Gasteiger partial charge on any atom is -0.492 e. The lowest BCUT2D eigenvalue weighted by molar-refractivity contribution is 0.312. The molecule has 0 aliphatic heterocycles. The number of nitrogens with zero attached hydrogens (tertiary/aromatic N) is 2. The summed E-state index contributed by atoms with van der Waals surface area (Å²) >= 11 is 3.40. The first-order chi connectivity index (χ1) is 8.84. The normalized spacial score (nSPS) is 10.5. The van der Waals surface area contributed by atoms with Gasteiger partial charge in [-0.3, -0.25) is 0 Å². The molecule has 0 radical (unpaired) electrons. The van der Waals surface area contributed by atoms with Crippen molar-refractivity contribution in [1.29, 1.82) is 0 Å². The summed E-state index contributed by atoms with van der Waals surface area (Å²) in [7, 11) is 0. The zero-order valence-electron chi connectivity index (χ0n) is 9.80. The molecule has 0 saturated heterocycles. The SMILES string of the molecule is Brc1cccc(OCCNCCc2ncno2)c1. The molecule has 5 nitrogen and oxygen atoms in total. The first kappa shape index (κ1) is 13.0. The molecular weight excluding hydrogens is 298 g/mol. The molecule has 0 unspecified atom stereocenters. The fourth-order valence-corrected chi connectivity index (χ4v) is 1.80.